The number of hydrogen-bond acceptors (Lipinski definition) is 3. The molecule has 2 aliphatic rings. The molecule has 5 nitrogen and oxygen atoms in total. The lowest BCUT2D eigenvalue weighted by molar-refractivity contribution is -0.133. The first-order valence-corrected chi connectivity index (χ1v) is 9.73. The molecule has 0 bridgehead atoms. The molecule has 0 unspecified atom stereocenters. The molecule has 2 amide bonds. The maximum absolute atomic E-state index is 12.6. The Morgan fingerprint density at radius 2 is 1.89 bits per heavy atom. The minimum absolute atomic E-state index is 0.0812. The van der Waals surface area contributed by atoms with Crippen LogP contribution in [0.1, 0.15) is 37.0 Å². The second-order valence-electron chi connectivity index (χ2n) is 7.97. The molecule has 1 aromatic carbocycles. The molecule has 0 saturated carbocycles. The number of hydrogen-bond donors (Lipinski definition) is 1. The molecule has 1 spiro atoms. The van der Waals surface area contributed by atoms with Gasteiger partial charge in [-0.2, -0.15) is 0 Å². The zero-order valence-electron chi connectivity index (χ0n) is 15.8. The van der Waals surface area contributed by atoms with E-state index in [1.165, 1.54) is 5.56 Å². The third kappa shape index (κ3) is 3.92. The van der Waals surface area contributed by atoms with E-state index in [0.29, 0.717) is 19.3 Å². The zero-order valence-corrected chi connectivity index (χ0v) is 15.8. The first kappa shape index (κ1) is 17.8. The van der Waals surface area contributed by atoms with Gasteiger partial charge in [0.2, 0.25) is 11.8 Å². The van der Waals surface area contributed by atoms with Gasteiger partial charge in [0.15, 0.2) is 0 Å². The van der Waals surface area contributed by atoms with Gasteiger partial charge < -0.3 is 14.6 Å². The highest BCUT2D eigenvalue weighted by Crippen LogP contribution is 2.37. The molecule has 2 saturated heterocycles. The van der Waals surface area contributed by atoms with Gasteiger partial charge in [0, 0.05) is 44.5 Å². The molecule has 1 N–H and O–H groups in total. The molecule has 0 aliphatic carbocycles. The quantitative estimate of drug-likeness (QED) is 0.903. The molecule has 2 fully saturated rings. The van der Waals surface area contributed by atoms with Crippen molar-refractivity contribution in [2.75, 3.05) is 19.6 Å². The average Bonchev–Trinajstić information content (AvgIpc) is 3.28. The molecule has 142 valence electrons. The summed E-state index contributed by atoms with van der Waals surface area (Å²) in [6.07, 6.45) is 3.52. The van der Waals surface area contributed by atoms with Crippen molar-refractivity contribution in [2.24, 2.45) is 5.41 Å². The Morgan fingerprint density at radius 3 is 2.56 bits per heavy atom. The van der Waals surface area contributed by atoms with Crippen LogP contribution in [-0.2, 0) is 16.0 Å². The lowest BCUT2D eigenvalue weighted by atomic mass is 9.77. The summed E-state index contributed by atoms with van der Waals surface area (Å²) in [7, 11) is 0. The van der Waals surface area contributed by atoms with Crippen molar-refractivity contribution >= 4 is 11.8 Å². The third-order valence-corrected chi connectivity index (χ3v) is 5.96. The molecular formula is C22H26N2O3. The van der Waals surface area contributed by atoms with E-state index in [2.05, 4.69) is 36.5 Å². The Morgan fingerprint density at radius 1 is 1.15 bits per heavy atom. The van der Waals surface area contributed by atoms with E-state index in [0.717, 1.165) is 49.6 Å². The number of aryl methyl sites for hydroxylation is 2. The molecule has 2 aromatic rings. The number of carbonyl (C=O) groups is 2. The Kier molecular flexibility index (Phi) is 4.77. The topological polar surface area (TPSA) is 62.6 Å². The predicted octanol–water partition coefficient (Wildman–Crippen LogP) is 3.32. The summed E-state index contributed by atoms with van der Waals surface area (Å²) in [5.74, 6) is 2.01. The van der Waals surface area contributed by atoms with Crippen molar-refractivity contribution in [3.8, 4) is 11.3 Å². The highest BCUT2D eigenvalue weighted by molar-refractivity contribution is 5.79. The van der Waals surface area contributed by atoms with Crippen LogP contribution in [0.3, 0.4) is 0 Å². The van der Waals surface area contributed by atoms with Crippen molar-refractivity contribution in [1.82, 2.24) is 10.2 Å². The van der Waals surface area contributed by atoms with E-state index < -0.39 is 0 Å². The Bertz CT molecular complexity index is 829. The van der Waals surface area contributed by atoms with Crippen LogP contribution in [-0.4, -0.2) is 36.3 Å². The summed E-state index contributed by atoms with van der Waals surface area (Å²) in [5.41, 5.74) is 2.36. The van der Waals surface area contributed by atoms with E-state index in [4.69, 9.17) is 4.42 Å². The van der Waals surface area contributed by atoms with Crippen LogP contribution in [0.2, 0.25) is 0 Å². The fourth-order valence-electron chi connectivity index (χ4n) is 4.11. The van der Waals surface area contributed by atoms with Gasteiger partial charge in [0.1, 0.15) is 11.5 Å². The van der Waals surface area contributed by atoms with Crippen LogP contribution in [0.15, 0.2) is 40.8 Å². The predicted molar refractivity (Wildman–Crippen MR) is 103 cm³/mol. The van der Waals surface area contributed by atoms with Gasteiger partial charge in [-0.3, -0.25) is 9.59 Å². The van der Waals surface area contributed by atoms with Crippen molar-refractivity contribution in [3.05, 3.63) is 47.7 Å². The van der Waals surface area contributed by atoms with Crippen LogP contribution < -0.4 is 5.32 Å². The van der Waals surface area contributed by atoms with Crippen molar-refractivity contribution in [1.29, 1.82) is 0 Å². The number of nitrogens with one attached hydrogen (secondary N) is 1. The number of amides is 2. The summed E-state index contributed by atoms with van der Waals surface area (Å²) in [6, 6.07) is 12.2. The number of likely N-dealkylation sites (tertiary alicyclic amines) is 1. The molecule has 2 aliphatic heterocycles. The molecule has 0 radical (unpaired) electrons. The molecule has 0 atom stereocenters. The van der Waals surface area contributed by atoms with Gasteiger partial charge in [0.25, 0.3) is 0 Å². The summed E-state index contributed by atoms with van der Waals surface area (Å²) in [4.78, 5) is 26.0. The van der Waals surface area contributed by atoms with E-state index in [-0.39, 0.29) is 17.2 Å². The smallest absolute Gasteiger partial charge is 0.223 e. The summed E-state index contributed by atoms with van der Waals surface area (Å²) in [5, 5.41) is 2.93. The van der Waals surface area contributed by atoms with E-state index in [9.17, 15) is 9.59 Å². The average molecular weight is 366 g/mol. The van der Waals surface area contributed by atoms with Crippen LogP contribution >= 0.6 is 0 Å². The van der Waals surface area contributed by atoms with Gasteiger partial charge in [-0.25, -0.2) is 0 Å². The number of carbonyl (C=O) groups excluding carboxylic acids is 2. The maximum atomic E-state index is 12.6. The minimum atomic E-state index is 0.0812. The Labute approximate surface area is 159 Å². The maximum Gasteiger partial charge on any atom is 0.223 e. The van der Waals surface area contributed by atoms with Crippen molar-refractivity contribution < 1.29 is 14.0 Å². The first-order valence-electron chi connectivity index (χ1n) is 9.73. The van der Waals surface area contributed by atoms with E-state index in [1.807, 2.05) is 17.0 Å². The molecule has 3 heterocycles. The van der Waals surface area contributed by atoms with Crippen LogP contribution in [0.5, 0.6) is 0 Å². The lowest BCUT2D eigenvalue weighted by Crippen LogP contribution is -2.44. The van der Waals surface area contributed by atoms with Gasteiger partial charge in [-0.1, -0.05) is 29.8 Å². The van der Waals surface area contributed by atoms with Gasteiger partial charge in [-0.15, -0.1) is 0 Å². The number of nitrogens with zero attached hydrogens (tertiary/aromatic N) is 1. The zero-order chi connectivity index (χ0) is 18.9. The van der Waals surface area contributed by atoms with E-state index in [1.54, 1.807) is 0 Å². The van der Waals surface area contributed by atoms with Gasteiger partial charge in [-0.05, 0) is 37.3 Å². The van der Waals surface area contributed by atoms with Crippen molar-refractivity contribution in [3.63, 3.8) is 0 Å². The number of rotatable bonds is 4. The monoisotopic (exact) mass is 366 g/mol. The molecular weight excluding hydrogens is 340 g/mol. The normalized spacial score (nSPS) is 18.7. The first-order chi connectivity index (χ1) is 13.0. The Hall–Kier alpha value is -2.56. The minimum Gasteiger partial charge on any atom is -0.461 e. The number of benzene rings is 1. The number of furan rings is 1. The van der Waals surface area contributed by atoms with Crippen LogP contribution in [0, 0.1) is 12.3 Å². The molecule has 27 heavy (non-hydrogen) atoms. The SMILES string of the molecule is Cc1ccc(-c2ccc(CCC(=O)N3CCC4(CC3)CNC(=O)C4)o2)cc1. The molecule has 1 aromatic heterocycles. The third-order valence-electron chi connectivity index (χ3n) is 5.96. The van der Waals surface area contributed by atoms with Crippen LogP contribution in [0.25, 0.3) is 11.3 Å². The highest BCUT2D eigenvalue weighted by atomic mass is 16.3. The summed E-state index contributed by atoms with van der Waals surface area (Å²) in [6.45, 7) is 4.33. The lowest BCUT2D eigenvalue weighted by Gasteiger charge is -2.38. The van der Waals surface area contributed by atoms with Gasteiger partial charge in [0.05, 0.1) is 0 Å². The molecule has 4 rings (SSSR count). The largest absolute Gasteiger partial charge is 0.461 e. The second kappa shape index (κ2) is 7.22. The Balaban J connectivity index is 1.29. The van der Waals surface area contributed by atoms with Crippen LogP contribution in [0.4, 0.5) is 0 Å². The summed E-state index contributed by atoms with van der Waals surface area (Å²) >= 11 is 0. The standard InChI is InChI=1S/C22H26N2O3/c1-16-2-4-17(5-3-16)19-8-6-18(27-19)7-9-21(26)24-12-10-22(11-13-24)14-20(25)23-15-22/h2-6,8H,7,9-15H2,1H3,(H,23,25). The second-order valence-corrected chi connectivity index (χ2v) is 7.97. The highest BCUT2D eigenvalue weighted by Gasteiger charge is 2.41. The summed E-state index contributed by atoms with van der Waals surface area (Å²) < 4.78 is 5.92. The molecule has 5 heteroatoms. The fraction of sp³-hybridized carbons (Fsp3) is 0.455. The fourth-order valence-corrected chi connectivity index (χ4v) is 4.11. The van der Waals surface area contributed by atoms with E-state index >= 15 is 0 Å². The number of piperidine rings is 1. The van der Waals surface area contributed by atoms with Crippen molar-refractivity contribution in [2.45, 2.75) is 39.0 Å². The van der Waals surface area contributed by atoms with Gasteiger partial charge >= 0.3 is 0 Å².